The molecular formula is C38H47FN2O. The molecule has 42 heavy (non-hydrogen) atoms. The van der Waals surface area contributed by atoms with Crippen LogP contribution in [0.15, 0.2) is 100 Å². The van der Waals surface area contributed by atoms with Crippen LogP contribution in [0.2, 0.25) is 0 Å². The molecule has 4 rings (SSSR count). The largest absolute Gasteiger partial charge is 0.371 e. The number of benzene rings is 1. The van der Waals surface area contributed by atoms with Crippen LogP contribution >= 0.6 is 0 Å². The summed E-state index contributed by atoms with van der Waals surface area (Å²) in [5.74, 6) is -0.352. The quantitative estimate of drug-likeness (QED) is 0.209. The first-order valence-electron chi connectivity index (χ1n) is 15.8. The highest BCUT2D eigenvalue weighted by Gasteiger charge is 2.44. The molecule has 0 radical (unpaired) electrons. The number of carbonyl (C=O) groups excluding carboxylic acids is 1. The van der Waals surface area contributed by atoms with E-state index >= 15 is 0 Å². The molecule has 0 saturated heterocycles. The first kappa shape index (κ1) is 31.4. The van der Waals surface area contributed by atoms with E-state index in [9.17, 15) is 9.18 Å². The molecule has 4 heteroatoms. The van der Waals surface area contributed by atoms with Crippen molar-refractivity contribution in [1.82, 2.24) is 4.90 Å². The van der Waals surface area contributed by atoms with Gasteiger partial charge in [-0.1, -0.05) is 79.6 Å². The van der Waals surface area contributed by atoms with E-state index in [0.29, 0.717) is 12.8 Å². The second-order valence-electron chi connectivity index (χ2n) is 11.7. The molecule has 3 aliphatic rings. The maximum atomic E-state index is 13.5. The first-order valence-corrected chi connectivity index (χ1v) is 15.8. The number of Topliss-reactive ketones (excluding diaryl/α,β-unsaturated/α-hetero) is 1. The van der Waals surface area contributed by atoms with Gasteiger partial charge in [0.2, 0.25) is 0 Å². The van der Waals surface area contributed by atoms with Crippen LogP contribution in [0.1, 0.15) is 89.7 Å². The van der Waals surface area contributed by atoms with Crippen molar-refractivity contribution in [2.24, 2.45) is 10.9 Å². The standard InChI is InChI=1S/C38H47FN2O/c1-4-12-29(2)13-6-5-7-14-31-18-20-32(21-19-31)34-15-8-9-23-40-24-22-37(30(3)27-34)41-25-10-16-33(17-11-26-41)38(42)35-28-36(35)39/h7,9,13-16,18-24,27,35-36H,4-6,8,10-12,17,25-26,28H2,1-3H3/b14-7+,23-9+,29-13-,30-27?,33-16-,34-15?,37-22-,40-24+/t35-,36+/m0/s1. The lowest BCUT2D eigenvalue weighted by Gasteiger charge is -2.29. The van der Waals surface area contributed by atoms with Crippen LogP contribution in [0.25, 0.3) is 11.6 Å². The maximum absolute atomic E-state index is 13.5. The van der Waals surface area contributed by atoms with Crippen molar-refractivity contribution >= 4 is 23.6 Å². The van der Waals surface area contributed by atoms with Crippen LogP contribution in [0.3, 0.4) is 0 Å². The van der Waals surface area contributed by atoms with E-state index in [1.165, 1.54) is 40.7 Å². The molecular weight excluding hydrogens is 519 g/mol. The molecule has 0 unspecified atom stereocenters. The summed E-state index contributed by atoms with van der Waals surface area (Å²) in [6.07, 6.45) is 28.5. The number of halogens is 1. The summed E-state index contributed by atoms with van der Waals surface area (Å²) in [6.45, 7) is 8.29. The lowest BCUT2D eigenvalue weighted by atomic mass is 9.97. The minimum absolute atomic E-state index is 0.0334. The van der Waals surface area contributed by atoms with E-state index in [1.54, 1.807) is 0 Å². The fourth-order valence-electron chi connectivity index (χ4n) is 5.67. The zero-order valence-electron chi connectivity index (χ0n) is 25.7. The number of rotatable bonds is 10. The highest BCUT2D eigenvalue weighted by atomic mass is 19.1. The molecule has 2 atom stereocenters. The van der Waals surface area contributed by atoms with Crippen LogP contribution < -0.4 is 0 Å². The summed E-state index contributed by atoms with van der Waals surface area (Å²) in [7, 11) is 0. The highest BCUT2D eigenvalue weighted by Crippen LogP contribution is 2.37. The Morgan fingerprint density at radius 3 is 2.71 bits per heavy atom. The smallest absolute Gasteiger partial charge is 0.164 e. The normalized spacial score (nSPS) is 26.0. The Kier molecular flexibility index (Phi) is 12.1. The van der Waals surface area contributed by atoms with Gasteiger partial charge in [-0.25, -0.2) is 4.39 Å². The third-order valence-electron chi connectivity index (χ3n) is 8.16. The average molecular weight is 567 g/mol. The number of hydrogen-bond donors (Lipinski definition) is 0. The second-order valence-corrected chi connectivity index (χ2v) is 11.7. The third kappa shape index (κ3) is 9.51. The molecule has 1 saturated carbocycles. The molecule has 0 amide bonds. The van der Waals surface area contributed by atoms with E-state index < -0.39 is 6.17 Å². The molecule has 0 N–H and O–H groups in total. The molecule has 222 valence electrons. The Morgan fingerprint density at radius 1 is 1.14 bits per heavy atom. The number of ketones is 1. The van der Waals surface area contributed by atoms with Crippen LogP contribution in [0.5, 0.6) is 0 Å². The predicted octanol–water partition coefficient (Wildman–Crippen LogP) is 9.77. The number of nitrogens with zero attached hydrogens (tertiary/aromatic N) is 2. The zero-order chi connectivity index (χ0) is 29.7. The number of hydrogen-bond acceptors (Lipinski definition) is 3. The van der Waals surface area contributed by atoms with Gasteiger partial charge in [0.05, 0.1) is 5.92 Å². The maximum Gasteiger partial charge on any atom is 0.164 e. The van der Waals surface area contributed by atoms with Crippen molar-refractivity contribution in [3.63, 3.8) is 0 Å². The van der Waals surface area contributed by atoms with Crippen LogP contribution in [-0.4, -0.2) is 36.2 Å². The van der Waals surface area contributed by atoms with Crippen molar-refractivity contribution in [3.05, 3.63) is 107 Å². The van der Waals surface area contributed by atoms with E-state index in [0.717, 1.165) is 56.5 Å². The Bertz CT molecular complexity index is 1320. The average Bonchev–Trinajstić information content (AvgIpc) is 3.71. The van der Waals surface area contributed by atoms with Gasteiger partial charge >= 0.3 is 0 Å². The summed E-state index contributed by atoms with van der Waals surface area (Å²) in [6, 6.07) is 8.83. The predicted molar refractivity (Wildman–Crippen MR) is 177 cm³/mol. The number of carbonyl (C=O) groups is 1. The number of unbranched alkanes of at least 4 members (excludes halogenated alkanes) is 1. The number of aliphatic imine (C=N–C) groups is 1. The monoisotopic (exact) mass is 566 g/mol. The number of alkyl halides is 1. The van der Waals surface area contributed by atoms with Crippen molar-refractivity contribution in [2.45, 2.75) is 84.7 Å². The Morgan fingerprint density at radius 2 is 1.95 bits per heavy atom. The molecule has 0 aromatic heterocycles. The van der Waals surface area contributed by atoms with E-state index in [4.69, 9.17) is 0 Å². The summed E-state index contributed by atoms with van der Waals surface area (Å²) >= 11 is 0. The van der Waals surface area contributed by atoms with Crippen molar-refractivity contribution < 1.29 is 9.18 Å². The Labute approximate surface area is 252 Å². The Balaban J connectivity index is 1.45. The van der Waals surface area contributed by atoms with Gasteiger partial charge in [-0.2, -0.15) is 0 Å². The van der Waals surface area contributed by atoms with Crippen LogP contribution in [0, 0.1) is 5.92 Å². The zero-order valence-corrected chi connectivity index (χ0v) is 25.7. The summed E-state index contributed by atoms with van der Waals surface area (Å²) in [5, 5.41) is 0. The second kappa shape index (κ2) is 16.2. The molecule has 0 spiro atoms. The van der Waals surface area contributed by atoms with Gasteiger partial charge in [0, 0.05) is 31.2 Å². The molecule has 2 heterocycles. The van der Waals surface area contributed by atoms with Gasteiger partial charge in [-0.05, 0) is 105 Å². The summed E-state index contributed by atoms with van der Waals surface area (Å²) < 4.78 is 13.5. The minimum atomic E-state index is -0.930. The van der Waals surface area contributed by atoms with E-state index in [1.807, 2.05) is 18.5 Å². The van der Waals surface area contributed by atoms with Crippen molar-refractivity contribution in [3.8, 4) is 0 Å². The molecule has 3 nitrogen and oxygen atoms in total. The van der Waals surface area contributed by atoms with Gasteiger partial charge < -0.3 is 4.90 Å². The van der Waals surface area contributed by atoms with Gasteiger partial charge in [0.25, 0.3) is 0 Å². The lowest BCUT2D eigenvalue weighted by Crippen LogP contribution is -2.28. The Hall–Kier alpha value is -3.53. The molecule has 1 aromatic carbocycles. The molecule has 2 aliphatic heterocycles. The highest BCUT2D eigenvalue weighted by molar-refractivity contribution is 5.99. The van der Waals surface area contributed by atoms with Crippen LogP contribution in [-0.2, 0) is 4.79 Å². The summed E-state index contributed by atoms with van der Waals surface area (Å²) in [5.41, 5.74) is 8.26. The topological polar surface area (TPSA) is 32.7 Å². The van der Waals surface area contributed by atoms with Crippen molar-refractivity contribution in [1.29, 1.82) is 0 Å². The fourth-order valence-corrected chi connectivity index (χ4v) is 5.67. The van der Waals surface area contributed by atoms with E-state index in [-0.39, 0.29) is 11.7 Å². The molecule has 1 aromatic rings. The van der Waals surface area contributed by atoms with Gasteiger partial charge in [0.1, 0.15) is 6.17 Å². The molecule has 1 aliphatic carbocycles. The van der Waals surface area contributed by atoms with Crippen LogP contribution in [0.4, 0.5) is 4.39 Å². The van der Waals surface area contributed by atoms with E-state index in [2.05, 4.69) is 97.5 Å². The van der Waals surface area contributed by atoms with Gasteiger partial charge in [-0.3, -0.25) is 9.79 Å². The lowest BCUT2D eigenvalue weighted by molar-refractivity contribution is -0.117. The van der Waals surface area contributed by atoms with Gasteiger partial charge in [0.15, 0.2) is 5.78 Å². The molecule has 1 fully saturated rings. The fraction of sp³-hybridized carbons (Fsp3) is 0.421. The first-order chi connectivity index (χ1) is 20.5. The summed E-state index contributed by atoms with van der Waals surface area (Å²) in [4.78, 5) is 19.5. The third-order valence-corrected chi connectivity index (χ3v) is 8.16. The number of allylic oxidation sites excluding steroid dienone is 10. The minimum Gasteiger partial charge on any atom is -0.371 e. The van der Waals surface area contributed by atoms with Crippen molar-refractivity contribution in [2.75, 3.05) is 13.1 Å². The SMILES string of the molecule is CCC/C(C)=C\CC/C=C/c1ccc(C2=CC/C=C/N=C/C=C(\N3CC/C=C(\C(=O)[C@H]4C[C@H]4F)CCC3)C(C)=C2)cc1. The van der Waals surface area contributed by atoms with Gasteiger partial charge in [-0.15, -0.1) is 0 Å². The molecule has 0 bridgehead atoms.